The van der Waals surface area contributed by atoms with E-state index in [0.717, 1.165) is 60.5 Å². The monoisotopic (exact) mass is 506 g/mol. The van der Waals surface area contributed by atoms with Crippen LogP contribution in [0.3, 0.4) is 0 Å². The molecule has 0 radical (unpaired) electrons. The van der Waals surface area contributed by atoms with E-state index in [9.17, 15) is 4.79 Å². The zero-order chi connectivity index (χ0) is 25.4. The lowest BCUT2D eigenvalue weighted by Gasteiger charge is -2.38. The van der Waals surface area contributed by atoms with Gasteiger partial charge in [-0.25, -0.2) is 4.98 Å². The van der Waals surface area contributed by atoms with Crippen LogP contribution in [0.5, 0.6) is 0 Å². The molecule has 0 unspecified atom stereocenters. The van der Waals surface area contributed by atoms with E-state index in [1.165, 1.54) is 5.56 Å². The van der Waals surface area contributed by atoms with E-state index in [1.54, 1.807) is 6.07 Å². The second-order valence-electron chi connectivity index (χ2n) is 9.90. The average molecular weight is 507 g/mol. The van der Waals surface area contributed by atoms with Crippen LogP contribution in [0.15, 0.2) is 24.3 Å². The highest BCUT2D eigenvalue weighted by Crippen LogP contribution is 2.33. The fourth-order valence-electron chi connectivity index (χ4n) is 5.58. The first-order chi connectivity index (χ1) is 18.0. The lowest BCUT2D eigenvalue weighted by atomic mass is 10.0. The highest BCUT2D eigenvalue weighted by atomic mass is 16.7. The molecule has 10 nitrogen and oxygen atoms in total. The van der Waals surface area contributed by atoms with Gasteiger partial charge < -0.3 is 34.3 Å². The highest BCUT2D eigenvalue weighted by molar-refractivity contribution is 6.04. The van der Waals surface area contributed by atoms with Gasteiger partial charge in [0, 0.05) is 67.4 Å². The van der Waals surface area contributed by atoms with Crippen molar-refractivity contribution in [1.29, 1.82) is 0 Å². The van der Waals surface area contributed by atoms with Crippen molar-refractivity contribution in [2.24, 2.45) is 0 Å². The number of nitrogens with one attached hydrogen (secondary N) is 2. The normalized spacial score (nSPS) is 19.6. The quantitative estimate of drug-likeness (QED) is 0.543. The Hall–Kier alpha value is -3.21. The van der Waals surface area contributed by atoms with E-state index in [4.69, 9.17) is 19.2 Å². The number of carbonyl (C=O) groups excluding carboxylic acids is 1. The Balaban J connectivity index is 1.27. The zero-order valence-electron chi connectivity index (χ0n) is 21.5. The number of aryl methyl sites for hydroxylation is 2. The average Bonchev–Trinajstić information content (AvgIpc) is 3.52. The number of morpholine rings is 1. The van der Waals surface area contributed by atoms with Gasteiger partial charge in [0.15, 0.2) is 5.79 Å². The first-order valence-corrected chi connectivity index (χ1v) is 13.2. The summed E-state index contributed by atoms with van der Waals surface area (Å²) in [4.78, 5) is 30.7. The van der Waals surface area contributed by atoms with E-state index in [-0.39, 0.29) is 5.91 Å². The molecule has 37 heavy (non-hydrogen) atoms. The third-order valence-corrected chi connectivity index (χ3v) is 7.62. The molecule has 196 valence electrons. The van der Waals surface area contributed by atoms with Crippen molar-refractivity contribution in [2.75, 3.05) is 67.7 Å². The minimum Gasteiger partial charge on any atom is -0.378 e. The molecule has 1 spiro atoms. The Morgan fingerprint density at radius 1 is 1.03 bits per heavy atom. The summed E-state index contributed by atoms with van der Waals surface area (Å²) in [5, 5.41) is 4.20. The maximum atomic E-state index is 13.5. The predicted octanol–water partition coefficient (Wildman–Crippen LogP) is 3.26. The van der Waals surface area contributed by atoms with Crippen molar-refractivity contribution in [3.8, 4) is 0 Å². The number of rotatable bonds is 5. The molecule has 0 atom stereocenters. The standard InChI is InChI=1S/C27H34N6O4/c1-3-20-18(2)28-22-5-4-19(16-21(20)22)29-25(34)23-17-24(31-26(30-23)33-10-12-35-13-11-33)32-8-6-27(7-9-32)36-14-15-37-27/h4-5,16-17,28H,3,6-15H2,1-2H3,(H,29,34). The number of fused-ring (bicyclic) bond motifs is 1. The predicted molar refractivity (Wildman–Crippen MR) is 142 cm³/mol. The maximum Gasteiger partial charge on any atom is 0.274 e. The van der Waals surface area contributed by atoms with E-state index in [1.807, 2.05) is 18.2 Å². The first kappa shape index (κ1) is 24.1. The summed E-state index contributed by atoms with van der Waals surface area (Å²) in [6, 6.07) is 7.76. The van der Waals surface area contributed by atoms with E-state index in [2.05, 4.69) is 38.9 Å². The summed E-state index contributed by atoms with van der Waals surface area (Å²) in [6.07, 6.45) is 2.46. The second kappa shape index (κ2) is 9.92. The van der Waals surface area contributed by atoms with Gasteiger partial charge in [-0.05, 0) is 37.1 Å². The van der Waals surface area contributed by atoms with Gasteiger partial charge in [-0.2, -0.15) is 4.98 Å². The van der Waals surface area contributed by atoms with Gasteiger partial charge in [-0.3, -0.25) is 4.79 Å². The summed E-state index contributed by atoms with van der Waals surface area (Å²) in [5.74, 6) is 0.589. The third kappa shape index (κ3) is 4.76. The number of aromatic amines is 1. The Labute approximate surface area is 216 Å². The Bertz CT molecular complexity index is 1290. The number of nitrogens with zero attached hydrogens (tertiary/aromatic N) is 4. The van der Waals surface area contributed by atoms with Crippen molar-refractivity contribution in [1.82, 2.24) is 15.0 Å². The summed E-state index contributed by atoms with van der Waals surface area (Å²) < 4.78 is 17.3. The van der Waals surface area contributed by atoms with Crippen molar-refractivity contribution >= 4 is 34.3 Å². The second-order valence-corrected chi connectivity index (χ2v) is 9.90. The van der Waals surface area contributed by atoms with Crippen LogP contribution < -0.4 is 15.1 Å². The van der Waals surface area contributed by atoms with Crippen LogP contribution in [-0.4, -0.2) is 79.3 Å². The fraction of sp³-hybridized carbons (Fsp3) is 0.519. The molecule has 2 aromatic heterocycles. The molecular weight excluding hydrogens is 472 g/mol. The van der Waals surface area contributed by atoms with Crippen LogP contribution >= 0.6 is 0 Å². The SMILES string of the molecule is CCc1c(C)[nH]c2ccc(NC(=O)c3cc(N4CCC5(CC4)OCCO5)nc(N4CCOCC4)n3)cc12. The van der Waals surface area contributed by atoms with Crippen molar-refractivity contribution in [3.05, 3.63) is 41.2 Å². The summed E-state index contributed by atoms with van der Waals surface area (Å²) >= 11 is 0. The molecule has 3 saturated heterocycles. The number of ether oxygens (including phenoxy) is 3. The van der Waals surface area contributed by atoms with Gasteiger partial charge in [0.2, 0.25) is 5.95 Å². The van der Waals surface area contributed by atoms with Crippen LogP contribution in [0.4, 0.5) is 17.5 Å². The van der Waals surface area contributed by atoms with Crippen LogP contribution in [0.25, 0.3) is 10.9 Å². The van der Waals surface area contributed by atoms with E-state index < -0.39 is 5.79 Å². The van der Waals surface area contributed by atoms with Crippen LogP contribution in [0.1, 0.15) is 41.5 Å². The van der Waals surface area contributed by atoms with Gasteiger partial charge in [0.1, 0.15) is 11.5 Å². The molecule has 3 fully saturated rings. The molecule has 0 bridgehead atoms. The Morgan fingerprint density at radius 3 is 2.51 bits per heavy atom. The van der Waals surface area contributed by atoms with Gasteiger partial charge >= 0.3 is 0 Å². The van der Waals surface area contributed by atoms with Crippen LogP contribution in [0.2, 0.25) is 0 Å². The van der Waals surface area contributed by atoms with Crippen LogP contribution in [0, 0.1) is 6.92 Å². The summed E-state index contributed by atoms with van der Waals surface area (Å²) in [6.45, 7) is 9.62. The smallest absolute Gasteiger partial charge is 0.274 e. The van der Waals surface area contributed by atoms with Gasteiger partial charge in [0.05, 0.1) is 26.4 Å². The zero-order valence-corrected chi connectivity index (χ0v) is 21.5. The molecule has 5 heterocycles. The summed E-state index contributed by atoms with van der Waals surface area (Å²) in [7, 11) is 0. The largest absolute Gasteiger partial charge is 0.378 e. The molecule has 10 heteroatoms. The minimum absolute atomic E-state index is 0.251. The van der Waals surface area contributed by atoms with Crippen molar-refractivity contribution < 1.29 is 19.0 Å². The number of piperidine rings is 1. The maximum absolute atomic E-state index is 13.5. The third-order valence-electron chi connectivity index (χ3n) is 7.62. The molecule has 3 aliphatic rings. The number of anilines is 3. The number of amides is 1. The van der Waals surface area contributed by atoms with Crippen molar-refractivity contribution in [2.45, 2.75) is 38.9 Å². The number of benzene rings is 1. The van der Waals surface area contributed by atoms with Gasteiger partial charge in [-0.15, -0.1) is 0 Å². The van der Waals surface area contributed by atoms with Crippen molar-refractivity contribution in [3.63, 3.8) is 0 Å². The lowest BCUT2D eigenvalue weighted by molar-refractivity contribution is -0.169. The molecule has 1 aromatic carbocycles. The number of H-pyrrole nitrogens is 1. The molecular formula is C27H34N6O4. The Kier molecular flexibility index (Phi) is 6.48. The Morgan fingerprint density at radius 2 is 1.78 bits per heavy atom. The molecule has 3 aromatic rings. The van der Waals surface area contributed by atoms with Crippen LogP contribution in [-0.2, 0) is 20.6 Å². The minimum atomic E-state index is -0.469. The van der Waals surface area contributed by atoms with Gasteiger partial charge in [-0.1, -0.05) is 6.92 Å². The first-order valence-electron chi connectivity index (χ1n) is 13.2. The molecule has 3 aliphatic heterocycles. The molecule has 0 aliphatic carbocycles. The van der Waals surface area contributed by atoms with Gasteiger partial charge in [0.25, 0.3) is 5.91 Å². The fourth-order valence-corrected chi connectivity index (χ4v) is 5.58. The molecule has 2 N–H and O–H groups in total. The van der Waals surface area contributed by atoms with E-state index >= 15 is 0 Å². The number of carbonyl (C=O) groups is 1. The molecule has 0 saturated carbocycles. The summed E-state index contributed by atoms with van der Waals surface area (Å²) in [5.41, 5.74) is 4.59. The number of hydrogen-bond acceptors (Lipinski definition) is 8. The highest BCUT2D eigenvalue weighted by Gasteiger charge is 2.40. The topological polar surface area (TPSA) is 105 Å². The lowest BCUT2D eigenvalue weighted by Crippen LogP contribution is -2.45. The van der Waals surface area contributed by atoms with E-state index in [0.29, 0.717) is 51.2 Å². The molecule has 1 amide bonds. The molecule has 6 rings (SSSR count). The number of aromatic nitrogens is 3. The number of hydrogen-bond donors (Lipinski definition) is 2.